The molecule has 0 aliphatic heterocycles. The molecule has 1 saturated carbocycles. The van der Waals surface area contributed by atoms with Crippen LogP contribution in [0.2, 0.25) is 5.02 Å². The van der Waals surface area contributed by atoms with Crippen molar-refractivity contribution in [3.05, 3.63) is 70.2 Å². The lowest BCUT2D eigenvalue weighted by atomic mass is 9.83. The van der Waals surface area contributed by atoms with E-state index in [2.05, 4.69) is 10.1 Å². The van der Waals surface area contributed by atoms with Crippen LogP contribution in [0.15, 0.2) is 59.1 Å². The van der Waals surface area contributed by atoms with Gasteiger partial charge in [-0.05, 0) is 42.7 Å². The number of aliphatic carboxylic acids is 1. The Bertz CT molecular complexity index is 1080. The standard InChI is InChI=1S/C25H25ClN2O4S/c26-20-10-6-19(7-11-20)25-28-21(16-33-25)15-31-22-12-8-18(9-13-22)24(32-27-14-23(29)30)17-4-2-1-3-5-17/h6-14,16-17,24H,1-5,15H2,(H,29,30)/b27-14-/t24-/m1/s1. The summed E-state index contributed by atoms with van der Waals surface area (Å²) in [6.45, 7) is 0.370. The second kappa shape index (κ2) is 11.3. The lowest BCUT2D eigenvalue weighted by Crippen LogP contribution is -2.18. The second-order valence-corrected chi connectivity index (χ2v) is 9.30. The van der Waals surface area contributed by atoms with Gasteiger partial charge in [0.25, 0.3) is 0 Å². The summed E-state index contributed by atoms with van der Waals surface area (Å²) in [5, 5.41) is 16.1. The van der Waals surface area contributed by atoms with E-state index in [1.54, 1.807) is 11.3 Å². The molecule has 1 aliphatic carbocycles. The van der Waals surface area contributed by atoms with E-state index in [9.17, 15) is 4.79 Å². The van der Waals surface area contributed by atoms with Crippen molar-refractivity contribution in [2.45, 2.75) is 44.8 Å². The maximum Gasteiger partial charge on any atom is 0.350 e. The van der Waals surface area contributed by atoms with Gasteiger partial charge >= 0.3 is 5.97 Å². The number of nitrogens with zero attached hydrogens (tertiary/aromatic N) is 2. The van der Waals surface area contributed by atoms with Crippen LogP contribution in [0, 0.1) is 5.92 Å². The number of carboxylic acid groups (broad SMARTS) is 1. The monoisotopic (exact) mass is 484 g/mol. The van der Waals surface area contributed by atoms with Crippen LogP contribution < -0.4 is 4.74 Å². The summed E-state index contributed by atoms with van der Waals surface area (Å²) < 4.78 is 5.93. The zero-order chi connectivity index (χ0) is 23.0. The second-order valence-electron chi connectivity index (χ2n) is 8.01. The molecule has 0 saturated heterocycles. The van der Waals surface area contributed by atoms with Gasteiger partial charge in [-0.2, -0.15) is 0 Å². The van der Waals surface area contributed by atoms with Gasteiger partial charge in [0.15, 0.2) is 12.3 Å². The lowest BCUT2D eigenvalue weighted by Gasteiger charge is -2.28. The van der Waals surface area contributed by atoms with Crippen molar-refractivity contribution in [1.29, 1.82) is 0 Å². The van der Waals surface area contributed by atoms with Crippen LogP contribution >= 0.6 is 22.9 Å². The number of thiazole rings is 1. The minimum atomic E-state index is -1.12. The first-order valence-electron chi connectivity index (χ1n) is 10.9. The summed E-state index contributed by atoms with van der Waals surface area (Å²) in [6.07, 6.45) is 6.15. The Kier molecular flexibility index (Phi) is 7.96. The number of aromatic nitrogens is 1. The summed E-state index contributed by atoms with van der Waals surface area (Å²) in [7, 11) is 0. The molecule has 8 heteroatoms. The molecule has 2 aromatic carbocycles. The van der Waals surface area contributed by atoms with Crippen molar-refractivity contribution in [3.63, 3.8) is 0 Å². The maximum absolute atomic E-state index is 10.8. The average molecular weight is 485 g/mol. The molecule has 1 aromatic heterocycles. The van der Waals surface area contributed by atoms with Crippen molar-refractivity contribution >= 4 is 35.1 Å². The number of hydrogen-bond donors (Lipinski definition) is 1. The van der Waals surface area contributed by atoms with Gasteiger partial charge in [0.2, 0.25) is 0 Å². The summed E-state index contributed by atoms with van der Waals surface area (Å²) in [5.74, 6) is -0.0728. The van der Waals surface area contributed by atoms with Crippen molar-refractivity contribution < 1.29 is 19.5 Å². The topological polar surface area (TPSA) is 81.0 Å². The smallest absolute Gasteiger partial charge is 0.350 e. The van der Waals surface area contributed by atoms with E-state index in [0.717, 1.165) is 59.5 Å². The average Bonchev–Trinajstić information content (AvgIpc) is 3.31. The van der Waals surface area contributed by atoms with Crippen LogP contribution in [0.5, 0.6) is 5.75 Å². The van der Waals surface area contributed by atoms with Crippen molar-refractivity contribution in [2.75, 3.05) is 0 Å². The summed E-state index contributed by atoms with van der Waals surface area (Å²) >= 11 is 7.53. The van der Waals surface area contributed by atoms with Crippen LogP contribution in [0.4, 0.5) is 0 Å². The molecule has 0 amide bonds. The third-order valence-corrected chi connectivity index (χ3v) is 6.85. The fourth-order valence-electron chi connectivity index (χ4n) is 4.01. The quantitative estimate of drug-likeness (QED) is 0.268. The minimum absolute atomic E-state index is 0.268. The molecule has 172 valence electrons. The zero-order valence-electron chi connectivity index (χ0n) is 18.0. The highest BCUT2D eigenvalue weighted by molar-refractivity contribution is 7.13. The maximum atomic E-state index is 10.8. The van der Waals surface area contributed by atoms with Gasteiger partial charge in [-0.15, -0.1) is 11.3 Å². The highest BCUT2D eigenvalue weighted by atomic mass is 35.5. The van der Waals surface area contributed by atoms with Gasteiger partial charge in [0, 0.05) is 21.9 Å². The van der Waals surface area contributed by atoms with E-state index in [-0.39, 0.29) is 6.10 Å². The third-order valence-electron chi connectivity index (χ3n) is 5.65. The minimum Gasteiger partial charge on any atom is -0.487 e. The molecule has 1 aliphatic rings. The first kappa shape index (κ1) is 23.3. The van der Waals surface area contributed by atoms with Crippen molar-refractivity contribution in [2.24, 2.45) is 11.1 Å². The third kappa shape index (κ3) is 6.55. The SMILES string of the molecule is O=C(O)/C=N\O[C@@H](c1ccc(OCc2csc(-c3ccc(Cl)cc3)n2)cc1)C1CCCCC1. The molecule has 3 aromatic rings. The van der Waals surface area contributed by atoms with E-state index < -0.39 is 5.97 Å². The fourth-order valence-corrected chi connectivity index (χ4v) is 4.94. The van der Waals surface area contributed by atoms with Crippen LogP contribution in [0.25, 0.3) is 10.6 Å². The molecular formula is C25H25ClN2O4S. The fraction of sp³-hybridized carbons (Fsp3) is 0.320. The zero-order valence-corrected chi connectivity index (χ0v) is 19.6. The van der Waals surface area contributed by atoms with E-state index in [1.807, 2.05) is 53.9 Å². The molecule has 1 N–H and O–H groups in total. The normalized spacial score (nSPS) is 15.4. The lowest BCUT2D eigenvalue weighted by molar-refractivity contribution is -0.129. The van der Waals surface area contributed by atoms with E-state index in [0.29, 0.717) is 17.5 Å². The van der Waals surface area contributed by atoms with Crippen LogP contribution in [-0.2, 0) is 16.2 Å². The molecule has 0 radical (unpaired) electrons. The number of ether oxygens (including phenoxy) is 1. The molecule has 1 heterocycles. The first-order valence-corrected chi connectivity index (χ1v) is 12.2. The molecule has 4 rings (SSSR count). The number of halogens is 1. The van der Waals surface area contributed by atoms with E-state index in [4.69, 9.17) is 26.3 Å². The summed E-state index contributed by atoms with van der Waals surface area (Å²) in [5.41, 5.74) is 2.86. The number of oxime groups is 1. The molecule has 0 spiro atoms. The molecule has 0 bridgehead atoms. The number of carbonyl (C=O) groups is 1. The van der Waals surface area contributed by atoms with Gasteiger partial charge in [0.05, 0.1) is 5.69 Å². The molecule has 1 fully saturated rings. The number of hydrogen-bond acceptors (Lipinski definition) is 6. The molecular weight excluding hydrogens is 460 g/mol. The molecule has 0 unspecified atom stereocenters. The van der Waals surface area contributed by atoms with Crippen LogP contribution in [0.1, 0.15) is 49.5 Å². The van der Waals surface area contributed by atoms with Crippen molar-refractivity contribution in [1.82, 2.24) is 4.98 Å². The largest absolute Gasteiger partial charge is 0.487 e. The Balaban J connectivity index is 1.39. The van der Waals surface area contributed by atoms with Gasteiger partial charge in [0.1, 0.15) is 17.4 Å². The predicted octanol–water partition coefficient (Wildman–Crippen LogP) is 6.75. The molecule has 33 heavy (non-hydrogen) atoms. The Morgan fingerprint density at radius 2 is 1.88 bits per heavy atom. The van der Waals surface area contributed by atoms with Crippen molar-refractivity contribution in [3.8, 4) is 16.3 Å². The predicted molar refractivity (Wildman–Crippen MR) is 130 cm³/mol. The first-order chi connectivity index (χ1) is 16.1. The van der Waals surface area contributed by atoms with Gasteiger partial charge in [-0.3, -0.25) is 0 Å². The number of rotatable bonds is 9. The van der Waals surface area contributed by atoms with Crippen LogP contribution in [0.3, 0.4) is 0 Å². The number of benzene rings is 2. The van der Waals surface area contributed by atoms with E-state index in [1.165, 1.54) is 6.42 Å². The van der Waals surface area contributed by atoms with Gasteiger partial charge < -0.3 is 14.7 Å². The van der Waals surface area contributed by atoms with Gasteiger partial charge in [-0.25, -0.2) is 9.78 Å². The van der Waals surface area contributed by atoms with Crippen LogP contribution in [-0.4, -0.2) is 22.3 Å². The molecule has 1 atom stereocenters. The van der Waals surface area contributed by atoms with Gasteiger partial charge in [-0.1, -0.05) is 60.3 Å². The highest BCUT2D eigenvalue weighted by Gasteiger charge is 2.27. The Morgan fingerprint density at radius 3 is 2.58 bits per heavy atom. The number of carboxylic acids is 1. The molecule has 6 nitrogen and oxygen atoms in total. The Hall–Kier alpha value is -2.90. The Morgan fingerprint density at radius 1 is 1.15 bits per heavy atom. The summed E-state index contributed by atoms with van der Waals surface area (Å²) in [4.78, 5) is 21.0. The van der Waals surface area contributed by atoms with E-state index >= 15 is 0 Å². The summed E-state index contributed by atoms with van der Waals surface area (Å²) in [6, 6.07) is 15.4. The Labute approximate surface area is 201 Å². The highest BCUT2D eigenvalue weighted by Crippen LogP contribution is 2.37.